The predicted octanol–water partition coefficient (Wildman–Crippen LogP) is 1.23. The fourth-order valence-corrected chi connectivity index (χ4v) is 3.10. The van der Waals surface area contributed by atoms with Crippen LogP contribution in [-0.2, 0) is 24.2 Å². The van der Waals surface area contributed by atoms with Crippen molar-refractivity contribution in [1.29, 1.82) is 0 Å². The number of rotatable bonds is 9. The van der Waals surface area contributed by atoms with Crippen molar-refractivity contribution < 1.29 is 14.3 Å². The van der Waals surface area contributed by atoms with Gasteiger partial charge in [-0.15, -0.1) is 0 Å². The van der Waals surface area contributed by atoms with E-state index >= 15 is 0 Å². The van der Waals surface area contributed by atoms with E-state index in [-0.39, 0.29) is 11.6 Å². The van der Waals surface area contributed by atoms with Crippen LogP contribution >= 0.6 is 0 Å². The minimum Gasteiger partial charge on any atom is -0.491 e. The first-order valence-corrected chi connectivity index (χ1v) is 9.35. The van der Waals surface area contributed by atoms with Gasteiger partial charge in [-0.05, 0) is 37.5 Å². The molecule has 0 aliphatic carbocycles. The number of nitrogens with zero attached hydrogens (tertiary/aromatic N) is 3. The number of methoxy groups -OCH3 is 1. The number of amides is 1. The zero-order valence-electron chi connectivity index (χ0n) is 15.6. The van der Waals surface area contributed by atoms with Crippen molar-refractivity contribution in [3.8, 4) is 5.75 Å². The highest BCUT2D eigenvalue weighted by Gasteiger charge is 2.16. The molecular formula is C19H26N4O4. The molecule has 27 heavy (non-hydrogen) atoms. The molecule has 8 nitrogen and oxygen atoms in total. The van der Waals surface area contributed by atoms with Crippen LogP contribution in [0.25, 0.3) is 0 Å². The van der Waals surface area contributed by atoms with Crippen LogP contribution in [0.5, 0.6) is 5.75 Å². The molecule has 1 aromatic heterocycles. The minimum atomic E-state index is -0.163. The van der Waals surface area contributed by atoms with E-state index in [1.165, 1.54) is 4.68 Å². The van der Waals surface area contributed by atoms with Crippen molar-refractivity contribution in [2.45, 2.75) is 38.8 Å². The van der Waals surface area contributed by atoms with E-state index in [9.17, 15) is 9.59 Å². The fraction of sp³-hybridized carbons (Fsp3) is 0.526. The quantitative estimate of drug-likeness (QED) is 0.667. The molecule has 8 heteroatoms. The topological polar surface area (TPSA) is 87.4 Å². The third-order valence-corrected chi connectivity index (χ3v) is 4.52. The summed E-state index contributed by atoms with van der Waals surface area (Å²) in [5, 5.41) is 7.28. The molecule has 1 aliphatic rings. The van der Waals surface area contributed by atoms with E-state index in [0.29, 0.717) is 44.0 Å². The Morgan fingerprint density at radius 2 is 2.19 bits per heavy atom. The summed E-state index contributed by atoms with van der Waals surface area (Å²) >= 11 is 0. The molecule has 0 saturated heterocycles. The molecule has 0 atom stereocenters. The molecule has 0 fully saturated rings. The maximum Gasteiger partial charge on any atom is 0.345 e. The predicted molar refractivity (Wildman–Crippen MR) is 100 cm³/mol. The van der Waals surface area contributed by atoms with Crippen LogP contribution in [0.2, 0.25) is 0 Å². The van der Waals surface area contributed by atoms with Gasteiger partial charge in [-0.2, -0.15) is 5.10 Å². The van der Waals surface area contributed by atoms with E-state index in [1.807, 2.05) is 0 Å². The van der Waals surface area contributed by atoms with Crippen LogP contribution < -0.4 is 15.7 Å². The molecule has 1 aliphatic heterocycles. The third-order valence-electron chi connectivity index (χ3n) is 4.52. The standard InChI is InChI=1S/C19H26N4O4/c1-26-12-13-27-16-7-4-6-15(14-16)18(24)20-9-5-11-23-19(25)22-10-3-2-8-17(22)21-23/h4,6-7,14H,2-3,5,8-13H2,1H3,(H,20,24). The molecule has 146 valence electrons. The van der Waals surface area contributed by atoms with Gasteiger partial charge in [0.05, 0.1) is 6.61 Å². The monoisotopic (exact) mass is 374 g/mol. The van der Waals surface area contributed by atoms with Crippen LogP contribution in [0.15, 0.2) is 29.1 Å². The molecular weight excluding hydrogens is 348 g/mol. The number of hydrogen-bond acceptors (Lipinski definition) is 5. The van der Waals surface area contributed by atoms with Gasteiger partial charge in [0.25, 0.3) is 5.91 Å². The fourth-order valence-electron chi connectivity index (χ4n) is 3.10. The summed E-state index contributed by atoms with van der Waals surface area (Å²) in [7, 11) is 1.61. The number of aryl methyl sites for hydroxylation is 2. The van der Waals surface area contributed by atoms with Crippen molar-refractivity contribution in [2.24, 2.45) is 0 Å². The molecule has 0 radical (unpaired) electrons. The summed E-state index contributed by atoms with van der Waals surface area (Å²) < 4.78 is 13.7. The number of fused-ring (bicyclic) bond motifs is 1. The highest BCUT2D eigenvalue weighted by molar-refractivity contribution is 5.94. The van der Waals surface area contributed by atoms with Crippen molar-refractivity contribution in [2.75, 3.05) is 26.9 Å². The summed E-state index contributed by atoms with van der Waals surface area (Å²) in [5.74, 6) is 1.35. The van der Waals surface area contributed by atoms with Gasteiger partial charge in [-0.1, -0.05) is 6.07 Å². The summed E-state index contributed by atoms with van der Waals surface area (Å²) in [5.41, 5.74) is 0.497. The summed E-state index contributed by atoms with van der Waals surface area (Å²) in [4.78, 5) is 24.5. The molecule has 0 unspecified atom stereocenters. The first-order chi connectivity index (χ1) is 13.2. The Morgan fingerprint density at radius 1 is 1.30 bits per heavy atom. The van der Waals surface area contributed by atoms with Crippen molar-refractivity contribution in [1.82, 2.24) is 19.7 Å². The van der Waals surface area contributed by atoms with Gasteiger partial charge >= 0.3 is 5.69 Å². The maximum atomic E-state index is 12.3. The van der Waals surface area contributed by atoms with Crippen LogP contribution in [-0.4, -0.2) is 47.1 Å². The van der Waals surface area contributed by atoms with Gasteiger partial charge in [0.1, 0.15) is 18.2 Å². The van der Waals surface area contributed by atoms with E-state index in [1.54, 1.807) is 35.9 Å². The van der Waals surface area contributed by atoms with Gasteiger partial charge in [0.15, 0.2) is 0 Å². The number of nitrogens with one attached hydrogen (secondary N) is 1. The van der Waals surface area contributed by atoms with Gasteiger partial charge < -0.3 is 14.8 Å². The second-order valence-electron chi connectivity index (χ2n) is 6.51. The van der Waals surface area contributed by atoms with Crippen LogP contribution in [0, 0.1) is 0 Å². The third kappa shape index (κ3) is 4.97. The Labute approximate surface area is 158 Å². The normalized spacial score (nSPS) is 13.2. The molecule has 1 N–H and O–H groups in total. The highest BCUT2D eigenvalue weighted by Crippen LogP contribution is 2.13. The van der Waals surface area contributed by atoms with E-state index < -0.39 is 0 Å². The molecule has 2 aromatic rings. The summed E-state index contributed by atoms with van der Waals surface area (Å²) in [6.07, 6.45) is 3.62. The smallest absolute Gasteiger partial charge is 0.345 e. The Kier molecular flexibility index (Phi) is 6.64. The second-order valence-corrected chi connectivity index (χ2v) is 6.51. The first-order valence-electron chi connectivity index (χ1n) is 9.35. The van der Waals surface area contributed by atoms with Gasteiger partial charge in [0.2, 0.25) is 0 Å². The Morgan fingerprint density at radius 3 is 3.00 bits per heavy atom. The number of carbonyl (C=O) groups excluding carboxylic acids is 1. The lowest BCUT2D eigenvalue weighted by molar-refractivity contribution is 0.0952. The second kappa shape index (κ2) is 9.36. The molecule has 3 rings (SSSR count). The van der Waals surface area contributed by atoms with Gasteiger partial charge in [-0.25, -0.2) is 9.48 Å². The molecule has 0 spiro atoms. The summed E-state index contributed by atoms with van der Waals surface area (Å²) in [6.45, 7) is 2.66. The average molecular weight is 374 g/mol. The Hall–Kier alpha value is -2.61. The number of ether oxygens (including phenoxy) is 2. The Balaban J connectivity index is 1.47. The van der Waals surface area contributed by atoms with Crippen molar-refractivity contribution in [3.05, 3.63) is 46.1 Å². The Bertz CT molecular complexity index is 827. The molecule has 1 amide bonds. The summed E-state index contributed by atoms with van der Waals surface area (Å²) in [6, 6.07) is 7.04. The number of benzene rings is 1. The highest BCUT2D eigenvalue weighted by atomic mass is 16.5. The molecule has 2 heterocycles. The largest absolute Gasteiger partial charge is 0.491 e. The zero-order chi connectivity index (χ0) is 19.1. The first kappa shape index (κ1) is 19.2. The lowest BCUT2D eigenvalue weighted by Crippen LogP contribution is -2.29. The van der Waals surface area contributed by atoms with E-state index in [2.05, 4.69) is 10.4 Å². The van der Waals surface area contributed by atoms with Crippen molar-refractivity contribution >= 4 is 5.91 Å². The van der Waals surface area contributed by atoms with Crippen molar-refractivity contribution in [3.63, 3.8) is 0 Å². The number of aromatic nitrogens is 3. The van der Waals surface area contributed by atoms with E-state index in [0.717, 1.165) is 31.6 Å². The molecule has 0 bridgehead atoms. The minimum absolute atomic E-state index is 0.0445. The number of carbonyl (C=O) groups is 1. The SMILES string of the molecule is COCCOc1cccc(C(=O)NCCCn2nc3n(c2=O)CCCC3)c1. The number of hydrogen-bond donors (Lipinski definition) is 1. The average Bonchev–Trinajstić information content (AvgIpc) is 3.01. The van der Waals surface area contributed by atoms with Crippen LogP contribution in [0.4, 0.5) is 0 Å². The lowest BCUT2D eigenvalue weighted by atomic mass is 10.2. The lowest BCUT2D eigenvalue weighted by Gasteiger charge is -2.09. The van der Waals surface area contributed by atoms with Crippen LogP contribution in [0.1, 0.15) is 35.4 Å². The maximum absolute atomic E-state index is 12.3. The van der Waals surface area contributed by atoms with Gasteiger partial charge in [-0.3, -0.25) is 9.36 Å². The zero-order valence-corrected chi connectivity index (χ0v) is 15.6. The van der Waals surface area contributed by atoms with E-state index in [4.69, 9.17) is 9.47 Å². The van der Waals surface area contributed by atoms with Crippen LogP contribution in [0.3, 0.4) is 0 Å². The van der Waals surface area contributed by atoms with Gasteiger partial charge in [0, 0.05) is 38.7 Å². The molecule has 1 aromatic carbocycles. The molecule has 0 saturated carbocycles.